The van der Waals surface area contributed by atoms with E-state index in [0.29, 0.717) is 0 Å². The average Bonchev–Trinajstić information content (AvgIpc) is 2.15. The molecule has 1 heterocycles. The molecule has 0 atom stereocenters. The van der Waals surface area contributed by atoms with Gasteiger partial charge in [-0.25, -0.2) is 0 Å². The number of hydrogen-bond acceptors (Lipinski definition) is 2. The molecule has 76 valence electrons. The van der Waals surface area contributed by atoms with Gasteiger partial charge in [0.25, 0.3) is 0 Å². The number of rotatable bonds is 3. The zero-order valence-electron chi connectivity index (χ0n) is 8.58. The number of carbonyl (C=O) groups excluding carboxylic acids is 1. The Balaban J connectivity index is 2.13. The summed E-state index contributed by atoms with van der Waals surface area (Å²) < 4.78 is 5.27. The molecule has 0 saturated carbocycles. The number of hydrogen-bond donors (Lipinski definition) is 0. The Morgan fingerprint density at radius 2 is 2.08 bits per heavy atom. The zero-order valence-corrected chi connectivity index (χ0v) is 8.58. The fraction of sp³-hybridized carbons (Fsp3) is 0.900. The normalized spacial score (nSPS) is 18.6. The molecule has 0 N–H and O–H groups in total. The van der Waals surface area contributed by atoms with Gasteiger partial charge in [0.2, 0.25) is 5.91 Å². The molecular formula is C10H19NO2. The Labute approximate surface area is 80.1 Å². The molecule has 1 aliphatic heterocycles. The highest BCUT2D eigenvalue weighted by molar-refractivity contribution is 5.72. The van der Waals surface area contributed by atoms with Crippen molar-refractivity contribution in [3.05, 3.63) is 0 Å². The van der Waals surface area contributed by atoms with E-state index in [1.54, 1.807) is 11.8 Å². The lowest BCUT2D eigenvalue weighted by molar-refractivity contribution is -0.127. The molecule has 0 aliphatic carbocycles. The summed E-state index contributed by atoms with van der Waals surface area (Å²) >= 11 is 0. The van der Waals surface area contributed by atoms with E-state index in [-0.39, 0.29) is 5.91 Å². The molecule has 0 aromatic rings. The molecule has 1 amide bonds. The minimum absolute atomic E-state index is 0.159. The van der Waals surface area contributed by atoms with Crippen LogP contribution in [0.1, 0.15) is 26.2 Å². The van der Waals surface area contributed by atoms with Crippen molar-refractivity contribution in [2.45, 2.75) is 26.2 Å². The molecule has 0 aromatic heterocycles. The van der Waals surface area contributed by atoms with Gasteiger partial charge in [0, 0.05) is 33.7 Å². The van der Waals surface area contributed by atoms with E-state index in [1.165, 1.54) is 0 Å². The molecule has 0 aromatic carbocycles. The summed E-state index contributed by atoms with van der Waals surface area (Å²) in [5, 5.41) is 0. The fourth-order valence-corrected chi connectivity index (χ4v) is 1.57. The number of ether oxygens (including phenoxy) is 1. The molecule has 0 unspecified atom stereocenters. The van der Waals surface area contributed by atoms with E-state index < -0.39 is 0 Å². The Hall–Kier alpha value is -0.570. The molecule has 0 radical (unpaired) electrons. The lowest BCUT2D eigenvalue weighted by Gasteiger charge is -2.24. The van der Waals surface area contributed by atoms with Gasteiger partial charge in [-0.2, -0.15) is 0 Å². The zero-order chi connectivity index (χ0) is 9.68. The molecule has 0 spiro atoms. The Morgan fingerprint density at radius 3 is 2.62 bits per heavy atom. The van der Waals surface area contributed by atoms with Gasteiger partial charge in [-0.05, 0) is 25.2 Å². The van der Waals surface area contributed by atoms with Crippen LogP contribution in [0.2, 0.25) is 0 Å². The van der Waals surface area contributed by atoms with Crippen LogP contribution in [0.4, 0.5) is 0 Å². The molecule has 3 heteroatoms. The quantitative estimate of drug-likeness (QED) is 0.663. The predicted octanol–water partition coefficient (Wildman–Crippen LogP) is 1.28. The van der Waals surface area contributed by atoms with Gasteiger partial charge < -0.3 is 9.64 Å². The van der Waals surface area contributed by atoms with Crippen molar-refractivity contribution in [1.29, 1.82) is 0 Å². The Morgan fingerprint density at radius 1 is 1.46 bits per heavy atom. The molecule has 0 bridgehead atoms. The first-order chi connectivity index (χ1) is 6.20. The van der Waals surface area contributed by atoms with Crippen molar-refractivity contribution in [2.75, 3.05) is 26.8 Å². The number of nitrogens with zero attached hydrogens (tertiary/aromatic N) is 1. The first-order valence-electron chi connectivity index (χ1n) is 4.99. The summed E-state index contributed by atoms with van der Waals surface area (Å²) in [6.07, 6.45) is 3.44. The van der Waals surface area contributed by atoms with Crippen LogP contribution in [0, 0.1) is 5.92 Å². The lowest BCUT2D eigenvalue weighted by atomic mass is 9.96. The largest absolute Gasteiger partial charge is 0.381 e. The topological polar surface area (TPSA) is 29.5 Å². The monoisotopic (exact) mass is 185 g/mol. The van der Waals surface area contributed by atoms with Crippen molar-refractivity contribution in [2.24, 2.45) is 5.92 Å². The van der Waals surface area contributed by atoms with Crippen molar-refractivity contribution in [3.63, 3.8) is 0 Å². The van der Waals surface area contributed by atoms with Crippen LogP contribution < -0.4 is 0 Å². The molecular weight excluding hydrogens is 166 g/mol. The SMILES string of the molecule is CC(=O)N(C)CCC1CCOCC1. The van der Waals surface area contributed by atoms with Crippen LogP contribution in [0.25, 0.3) is 0 Å². The highest BCUT2D eigenvalue weighted by Gasteiger charge is 2.14. The van der Waals surface area contributed by atoms with E-state index in [0.717, 1.165) is 44.9 Å². The first kappa shape index (κ1) is 10.5. The lowest BCUT2D eigenvalue weighted by Crippen LogP contribution is -2.27. The summed E-state index contributed by atoms with van der Waals surface area (Å²) in [5.41, 5.74) is 0. The van der Waals surface area contributed by atoms with Gasteiger partial charge in [0.05, 0.1) is 0 Å². The molecule has 1 rings (SSSR count). The first-order valence-corrected chi connectivity index (χ1v) is 4.99. The third-order valence-corrected chi connectivity index (χ3v) is 2.75. The van der Waals surface area contributed by atoms with Crippen molar-refractivity contribution in [1.82, 2.24) is 4.90 Å². The summed E-state index contributed by atoms with van der Waals surface area (Å²) in [5.74, 6) is 0.919. The second-order valence-corrected chi connectivity index (χ2v) is 3.78. The summed E-state index contributed by atoms with van der Waals surface area (Å²) in [7, 11) is 1.86. The van der Waals surface area contributed by atoms with Crippen molar-refractivity contribution < 1.29 is 9.53 Å². The third kappa shape index (κ3) is 3.77. The highest BCUT2D eigenvalue weighted by atomic mass is 16.5. The van der Waals surface area contributed by atoms with E-state index in [1.807, 2.05) is 7.05 Å². The highest BCUT2D eigenvalue weighted by Crippen LogP contribution is 2.18. The molecule has 1 aliphatic rings. The van der Waals surface area contributed by atoms with E-state index in [4.69, 9.17) is 4.74 Å². The summed E-state index contributed by atoms with van der Waals surface area (Å²) in [6.45, 7) is 4.30. The van der Waals surface area contributed by atoms with E-state index in [9.17, 15) is 4.79 Å². The van der Waals surface area contributed by atoms with Gasteiger partial charge in [-0.1, -0.05) is 0 Å². The standard InChI is InChI=1S/C10H19NO2/c1-9(12)11(2)6-3-10-4-7-13-8-5-10/h10H,3-8H2,1-2H3. The maximum Gasteiger partial charge on any atom is 0.219 e. The van der Waals surface area contributed by atoms with Crippen LogP contribution in [0.3, 0.4) is 0 Å². The molecule has 3 nitrogen and oxygen atoms in total. The summed E-state index contributed by atoms with van der Waals surface area (Å²) in [6, 6.07) is 0. The van der Waals surface area contributed by atoms with Crippen LogP contribution >= 0.6 is 0 Å². The predicted molar refractivity (Wildman–Crippen MR) is 51.5 cm³/mol. The maximum absolute atomic E-state index is 10.9. The molecule has 1 fully saturated rings. The van der Waals surface area contributed by atoms with Gasteiger partial charge in [-0.15, -0.1) is 0 Å². The van der Waals surface area contributed by atoms with Crippen LogP contribution in [-0.4, -0.2) is 37.6 Å². The third-order valence-electron chi connectivity index (χ3n) is 2.75. The second-order valence-electron chi connectivity index (χ2n) is 3.78. The minimum Gasteiger partial charge on any atom is -0.381 e. The molecule has 1 saturated heterocycles. The maximum atomic E-state index is 10.9. The number of carbonyl (C=O) groups is 1. The average molecular weight is 185 g/mol. The van der Waals surface area contributed by atoms with Crippen LogP contribution in [-0.2, 0) is 9.53 Å². The van der Waals surface area contributed by atoms with Gasteiger partial charge in [-0.3, -0.25) is 4.79 Å². The van der Waals surface area contributed by atoms with Crippen LogP contribution in [0.15, 0.2) is 0 Å². The van der Waals surface area contributed by atoms with Crippen LogP contribution in [0.5, 0.6) is 0 Å². The van der Waals surface area contributed by atoms with E-state index >= 15 is 0 Å². The fourth-order valence-electron chi connectivity index (χ4n) is 1.57. The minimum atomic E-state index is 0.159. The van der Waals surface area contributed by atoms with Crippen molar-refractivity contribution in [3.8, 4) is 0 Å². The molecule has 13 heavy (non-hydrogen) atoms. The number of amides is 1. The Bertz CT molecular complexity index is 164. The van der Waals surface area contributed by atoms with Gasteiger partial charge in [0.1, 0.15) is 0 Å². The van der Waals surface area contributed by atoms with Gasteiger partial charge in [0.15, 0.2) is 0 Å². The smallest absolute Gasteiger partial charge is 0.219 e. The van der Waals surface area contributed by atoms with Crippen molar-refractivity contribution >= 4 is 5.91 Å². The summed E-state index contributed by atoms with van der Waals surface area (Å²) in [4.78, 5) is 12.7. The van der Waals surface area contributed by atoms with E-state index in [2.05, 4.69) is 0 Å². The Kier molecular flexibility index (Phi) is 4.22. The van der Waals surface area contributed by atoms with Gasteiger partial charge >= 0.3 is 0 Å². The second kappa shape index (κ2) is 5.22.